The molecule has 25 heavy (non-hydrogen) atoms. The highest BCUT2D eigenvalue weighted by atomic mass is 35.5. The zero-order valence-electron chi connectivity index (χ0n) is 13.9. The Morgan fingerprint density at radius 3 is 2.72 bits per heavy atom. The van der Waals surface area contributed by atoms with Crippen molar-refractivity contribution in [2.75, 3.05) is 11.9 Å². The van der Waals surface area contributed by atoms with E-state index in [1.54, 1.807) is 11.4 Å². The molecule has 3 rings (SSSR count). The van der Waals surface area contributed by atoms with E-state index in [9.17, 15) is 9.59 Å². The van der Waals surface area contributed by atoms with E-state index in [0.717, 1.165) is 18.4 Å². The molecular formula is C18H20ClN3O2S. The van der Waals surface area contributed by atoms with E-state index in [0.29, 0.717) is 21.6 Å². The van der Waals surface area contributed by atoms with Gasteiger partial charge in [0.1, 0.15) is 5.00 Å². The van der Waals surface area contributed by atoms with Crippen LogP contribution < -0.4 is 11.1 Å². The number of anilines is 1. The number of carbonyl (C=O) groups excluding carboxylic acids is 2. The molecule has 2 amide bonds. The first kappa shape index (κ1) is 17.9. The Hall–Kier alpha value is -1.89. The summed E-state index contributed by atoms with van der Waals surface area (Å²) in [6.07, 6.45) is 2.15. The summed E-state index contributed by atoms with van der Waals surface area (Å²) in [5, 5.41) is 5.75. The number of hydrogen-bond donors (Lipinski definition) is 2. The predicted molar refractivity (Wildman–Crippen MR) is 101 cm³/mol. The molecule has 1 aliphatic carbocycles. The molecule has 1 fully saturated rings. The largest absolute Gasteiger partial charge is 0.366 e. The van der Waals surface area contributed by atoms with Gasteiger partial charge in [-0.2, -0.15) is 0 Å². The summed E-state index contributed by atoms with van der Waals surface area (Å²) in [7, 11) is 0. The summed E-state index contributed by atoms with van der Waals surface area (Å²) in [4.78, 5) is 26.1. The number of hydrogen-bond acceptors (Lipinski definition) is 4. The van der Waals surface area contributed by atoms with Crippen LogP contribution >= 0.6 is 22.9 Å². The van der Waals surface area contributed by atoms with Gasteiger partial charge in [0.2, 0.25) is 5.91 Å². The van der Waals surface area contributed by atoms with Gasteiger partial charge in [-0.15, -0.1) is 11.3 Å². The second-order valence-corrected chi connectivity index (χ2v) is 7.50. The summed E-state index contributed by atoms with van der Waals surface area (Å²) in [6, 6.07) is 9.74. The summed E-state index contributed by atoms with van der Waals surface area (Å²) in [5.74, 6) is -0.698. The number of primary amides is 1. The first-order valence-corrected chi connectivity index (χ1v) is 9.40. The maximum atomic E-state index is 12.5. The molecular weight excluding hydrogens is 358 g/mol. The number of amides is 2. The number of nitrogens with zero attached hydrogens (tertiary/aromatic N) is 1. The van der Waals surface area contributed by atoms with Gasteiger partial charge in [-0.3, -0.25) is 14.5 Å². The molecule has 1 saturated carbocycles. The Balaban J connectivity index is 1.72. The molecule has 1 atom stereocenters. The van der Waals surface area contributed by atoms with Crippen molar-refractivity contribution in [2.24, 2.45) is 5.73 Å². The van der Waals surface area contributed by atoms with Gasteiger partial charge in [0.15, 0.2) is 0 Å². The number of nitrogens with one attached hydrogen (secondary N) is 1. The Morgan fingerprint density at radius 2 is 2.08 bits per heavy atom. The van der Waals surface area contributed by atoms with Crippen LogP contribution in [0.2, 0.25) is 5.02 Å². The van der Waals surface area contributed by atoms with Gasteiger partial charge in [0.05, 0.1) is 12.1 Å². The van der Waals surface area contributed by atoms with Crippen LogP contribution in [0.3, 0.4) is 0 Å². The highest BCUT2D eigenvalue weighted by molar-refractivity contribution is 7.14. The summed E-state index contributed by atoms with van der Waals surface area (Å²) in [6.45, 7) is 2.31. The fourth-order valence-electron chi connectivity index (χ4n) is 2.91. The number of benzene rings is 1. The molecule has 2 aromatic rings. The van der Waals surface area contributed by atoms with Crippen LogP contribution in [0.5, 0.6) is 0 Å². The Bertz CT molecular complexity index is 788. The lowest BCUT2D eigenvalue weighted by Crippen LogP contribution is -2.37. The van der Waals surface area contributed by atoms with Crippen molar-refractivity contribution in [1.29, 1.82) is 0 Å². The van der Waals surface area contributed by atoms with E-state index >= 15 is 0 Å². The van der Waals surface area contributed by atoms with Crippen LogP contribution in [0.4, 0.5) is 5.00 Å². The second kappa shape index (κ2) is 7.56. The van der Waals surface area contributed by atoms with E-state index in [4.69, 9.17) is 17.3 Å². The smallest absolute Gasteiger partial charge is 0.251 e. The van der Waals surface area contributed by atoms with Crippen molar-refractivity contribution < 1.29 is 9.59 Å². The third kappa shape index (κ3) is 4.21. The highest BCUT2D eigenvalue weighted by Gasteiger charge is 2.34. The van der Waals surface area contributed by atoms with Gasteiger partial charge in [0.25, 0.3) is 5.91 Å². The van der Waals surface area contributed by atoms with Crippen LogP contribution in [-0.4, -0.2) is 29.3 Å². The lowest BCUT2D eigenvalue weighted by atomic mass is 10.1. The number of nitrogens with two attached hydrogens (primary N) is 1. The lowest BCUT2D eigenvalue weighted by Gasteiger charge is -2.29. The lowest BCUT2D eigenvalue weighted by molar-refractivity contribution is -0.118. The van der Waals surface area contributed by atoms with Crippen molar-refractivity contribution in [3.63, 3.8) is 0 Å². The minimum atomic E-state index is -0.542. The minimum Gasteiger partial charge on any atom is -0.366 e. The second-order valence-electron chi connectivity index (χ2n) is 6.18. The summed E-state index contributed by atoms with van der Waals surface area (Å²) >= 11 is 7.61. The van der Waals surface area contributed by atoms with Crippen LogP contribution in [-0.2, 0) is 4.79 Å². The summed E-state index contributed by atoms with van der Waals surface area (Å²) < 4.78 is 0. The Morgan fingerprint density at radius 1 is 1.36 bits per heavy atom. The van der Waals surface area contributed by atoms with E-state index in [-0.39, 0.29) is 18.5 Å². The standard InChI is InChI=1S/C18H20ClN3O2S/c1-11(13-4-2-3-5-15(13)19)22(12-6-7-12)10-16(23)21-18-14(17(20)24)8-9-25-18/h2-5,8-9,11-12H,6-7,10H2,1H3,(H2,20,24)(H,21,23). The first-order chi connectivity index (χ1) is 12.0. The van der Waals surface area contributed by atoms with Crippen molar-refractivity contribution in [1.82, 2.24) is 4.90 Å². The first-order valence-electron chi connectivity index (χ1n) is 8.14. The molecule has 3 N–H and O–H groups in total. The molecule has 132 valence electrons. The highest BCUT2D eigenvalue weighted by Crippen LogP contribution is 2.36. The van der Waals surface area contributed by atoms with Crippen LogP contribution in [0, 0.1) is 0 Å². The Labute approximate surface area is 155 Å². The molecule has 0 bridgehead atoms. The van der Waals surface area contributed by atoms with E-state index in [2.05, 4.69) is 17.1 Å². The predicted octanol–water partition coefficient (Wildman–Crippen LogP) is 3.66. The number of carbonyl (C=O) groups is 2. The van der Waals surface area contributed by atoms with Gasteiger partial charge < -0.3 is 11.1 Å². The van der Waals surface area contributed by atoms with Gasteiger partial charge in [-0.05, 0) is 42.8 Å². The molecule has 0 saturated heterocycles. The van der Waals surface area contributed by atoms with Crippen LogP contribution in [0.25, 0.3) is 0 Å². The molecule has 1 heterocycles. The molecule has 0 radical (unpaired) electrons. The molecule has 1 aromatic carbocycles. The zero-order valence-corrected chi connectivity index (χ0v) is 15.4. The fourth-order valence-corrected chi connectivity index (χ4v) is 4.02. The third-order valence-corrected chi connectivity index (χ3v) is 5.55. The molecule has 1 unspecified atom stereocenters. The van der Waals surface area contributed by atoms with Gasteiger partial charge in [-0.1, -0.05) is 29.8 Å². The monoisotopic (exact) mass is 377 g/mol. The van der Waals surface area contributed by atoms with Gasteiger partial charge >= 0.3 is 0 Å². The topological polar surface area (TPSA) is 75.4 Å². The SMILES string of the molecule is CC(c1ccccc1Cl)N(CC(=O)Nc1sccc1C(N)=O)C1CC1. The maximum absolute atomic E-state index is 12.5. The van der Waals surface area contributed by atoms with Gasteiger partial charge in [-0.25, -0.2) is 0 Å². The summed E-state index contributed by atoms with van der Waals surface area (Å²) in [5.41, 5.74) is 6.68. The fraction of sp³-hybridized carbons (Fsp3) is 0.333. The molecule has 1 aliphatic rings. The van der Waals surface area contributed by atoms with E-state index in [1.165, 1.54) is 11.3 Å². The normalized spacial score (nSPS) is 15.2. The van der Waals surface area contributed by atoms with Crippen molar-refractivity contribution >= 4 is 39.8 Å². The maximum Gasteiger partial charge on any atom is 0.251 e. The molecule has 0 aliphatic heterocycles. The number of thiophene rings is 1. The van der Waals surface area contributed by atoms with Crippen molar-refractivity contribution in [3.8, 4) is 0 Å². The number of rotatable bonds is 7. The molecule has 5 nitrogen and oxygen atoms in total. The van der Waals surface area contributed by atoms with Crippen molar-refractivity contribution in [3.05, 3.63) is 51.9 Å². The van der Waals surface area contributed by atoms with Gasteiger partial charge in [0, 0.05) is 17.1 Å². The minimum absolute atomic E-state index is 0.0332. The van der Waals surface area contributed by atoms with E-state index in [1.807, 2.05) is 24.3 Å². The number of halogens is 1. The van der Waals surface area contributed by atoms with Crippen LogP contribution in [0.15, 0.2) is 35.7 Å². The molecule has 7 heteroatoms. The van der Waals surface area contributed by atoms with Crippen LogP contribution in [0.1, 0.15) is 41.7 Å². The quantitative estimate of drug-likeness (QED) is 0.773. The zero-order chi connectivity index (χ0) is 18.0. The molecule has 0 spiro atoms. The third-order valence-electron chi connectivity index (χ3n) is 4.38. The average Bonchev–Trinajstić information content (AvgIpc) is 3.31. The molecule has 1 aromatic heterocycles. The van der Waals surface area contributed by atoms with Crippen molar-refractivity contribution in [2.45, 2.75) is 31.8 Å². The van der Waals surface area contributed by atoms with E-state index < -0.39 is 5.91 Å². The Kier molecular flexibility index (Phi) is 5.42. The average molecular weight is 378 g/mol.